The van der Waals surface area contributed by atoms with E-state index in [1.165, 1.54) is 11.3 Å². The zero-order valence-corrected chi connectivity index (χ0v) is 14.6. The van der Waals surface area contributed by atoms with Gasteiger partial charge >= 0.3 is 0 Å². The number of aryl methyl sites for hydroxylation is 1. The Kier molecular flexibility index (Phi) is 4.78. The molecule has 0 unspecified atom stereocenters. The first-order chi connectivity index (χ1) is 9.71. The van der Waals surface area contributed by atoms with Crippen molar-refractivity contribution in [1.29, 1.82) is 0 Å². The van der Waals surface area contributed by atoms with Gasteiger partial charge in [-0.15, -0.1) is 11.3 Å². The summed E-state index contributed by atoms with van der Waals surface area (Å²) in [5.74, 6) is 0. The van der Waals surface area contributed by atoms with Crippen LogP contribution in [0.1, 0.15) is 24.3 Å². The average molecular weight is 344 g/mol. The fourth-order valence-electron chi connectivity index (χ4n) is 1.91. The molecular formula is C15H18ClNO2S2. The van der Waals surface area contributed by atoms with Gasteiger partial charge in [0.1, 0.15) is 4.21 Å². The summed E-state index contributed by atoms with van der Waals surface area (Å²) >= 11 is 7.16. The van der Waals surface area contributed by atoms with Crippen molar-refractivity contribution in [2.75, 3.05) is 6.54 Å². The second-order valence-corrected chi connectivity index (χ2v) is 9.30. The Morgan fingerprint density at radius 1 is 1.14 bits per heavy atom. The third kappa shape index (κ3) is 4.07. The Morgan fingerprint density at radius 2 is 1.76 bits per heavy atom. The van der Waals surface area contributed by atoms with Crippen LogP contribution in [0.2, 0.25) is 5.02 Å². The quantitative estimate of drug-likeness (QED) is 0.893. The van der Waals surface area contributed by atoms with Gasteiger partial charge in [-0.2, -0.15) is 0 Å². The van der Waals surface area contributed by atoms with Crippen LogP contribution in [0.25, 0.3) is 0 Å². The van der Waals surface area contributed by atoms with Crippen LogP contribution in [0.3, 0.4) is 0 Å². The van der Waals surface area contributed by atoms with Gasteiger partial charge in [0.2, 0.25) is 10.0 Å². The van der Waals surface area contributed by atoms with Gasteiger partial charge in [0, 0.05) is 21.9 Å². The SMILES string of the molecule is Cc1ccc(S(=O)(=O)NCC(C)(C)c2ccc(Cl)cc2)s1. The maximum atomic E-state index is 12.3. The van der Waals surface area contributed by atoms with E-state index in [0.717, 1.165) is 10.4 Å². The van der Waals surface area contributed by atoms with Crippen LogP contribution >= 0.6 is 22.9 Å². The summed E-state index contributed by atoms with van der Waals surface area (Å²) in [7, 11) is -3.45. The number of nitrogens with one attached hydrogen (secondary N) is 1. The highest BCUT2D eigenvalue weighted by atomic mass is 35.5. The van der Waals surface area contributed by atoms with Crippen LogP contribution in [0.15, 0.2) is 40.6 Å². The van der Waals surface area contributed by atoms with Crippen molar-refractivity contribution in [3.8, 4) is 0 Å². The van der Waals surface area contributed by atoms with E-state index in [0.29, 0.717) is 15.8 Å². The van der Waals surface area contributed by atoms with Gasteiger partial charge in [-0.3, -0.25) is 0 Å². The smallest absolute Gasteiger partial charge is 0.210 e. The number of hydrogen-bond acceptors (Lipinski definition) is 3. The standard InChI is InChI=1S/C15H18ClNO2S2/c1-11-4-9-14(20-11)21(18,19)17-10-15(2,3)12-5-7-13(16)8-6-12/h4-9,17H,10H2,1-3H3. The van der Waals surface area contributed by atoms with E-state index >= 15 is 0 Å². The lowest BCUT2D eigenvalue weighted by molar-refractivity contribution is 0.502. The van der Waals surface area contributed by atoms with Gasteiger partial charge in [0.05, 0.1) is 0 Å². The highest BCUT2D eigenvalue weighted by Gasteiger charge is 2.24. The lowest BCUT2D eigenvalue weighted by Crippen LogP contribution is -2.36. The molecule has 0 saturated heterocycles. The summed E-state index contributed by atoms with van der Waals surface area (Å²) in [6, 6.07) is 10.9. The molecule has 0 spiro atoms. The van der Waals surface area contributed by atoms with Crippen LogP contribution in [0.4, 0.5) is 0 Å². The normalized spacial score (nSPS) is 12.6. The number of hydrogen-bond donors (Lipinski definition) is 1. The molecule has 3 nitrogen and oxygen atoms in total. The minimum absolute atomic E-state index is 0.316. The Hall–Kier alpha value is -0.880. The van der Waals surface area contributed by atoms with E-state index < -0.39 is 10.0 Å². The number of thiophene rings is 1. The summed E-state index contributed by atoms with van der Waals surface area (Å²) in [5, 5.41) is 0.671. The summed E-state index contributed by atoms with van der Waals surface area (Å²) in [4.78, 5) is 0.979. The highest BCUT2D eigenvalue weighted by molar-refractivity contribution is 7.91. The Labute approximate surface area is 135 Å². The zero-order valence-electron chi connectivity index (χ0n) is 12.2. The fourth-order valence-corrected chi connectivity index (χ4v) is 4.57. The third-order valence-electron chi connectivity index (χ3n) is 3.31. The largest absolute Gasteiger partial charge is 0.250 e. The van der Waals surface area contributed by atoms with Crippen LogP contribution in [-0.2, 0) is 15.4 Å². The second-order valence-electron chi connectivity index (χ2n) is 5.58. The Morgan fingerprint density at radius 3 is 2.29 bits per heavy atom. The van der Waals surface area contributed by atoms with Crippen molar-refractivity contribution in [2.24, 2.45) is 0 Å². The predicted octanol–water partition coefficient (Wildman–Crippen LogP) is 3.97. The van der Waals surface area contributed by atoms with Gasteiger partial charge in [-0.05, 0) is 36.8 Å². The molecule has 1 aromatic heterocycles. The first-order valence-corrected chi connectivity index (χ1v) is 9.21. The van der Waals surface area contributed by atoms with E-state index in [9.17, 15) is 8.42 Å². The molecule has 2 aromatic rings. The van der Waals surface area contributed by atoms with Crippen molar-refractivity contribution in [2.45, 2.75) is 30.4 Å². The van der Waals surface area contributed by atoms with Crippen molar-refractivity contribution in [3.63, 3.8) is 0 Å². The van der Waals surface area contributed by atoms with E-state index in [-0.39, 0.29) is 5.41 Å². The van der Waals surface area contributed by atoms with Crippen LogP contribution in [-0.4, -0.2) is 15.0 Å². The molecule has 0 bridgehead atoms. The summed E-state index contributed by atoms with van der Waals surface area (Å²) in [5.41, 5.74) is 0.723. The maximum Gasteiger partial charge on any atom is 0.250 e. The lowest BCUT2D eigenvalue weighted by atomic mass is 9.85. The minimum atomic E-state index is -3.45. The molecule has 2 rings (SSSR count). The lowest BCUT2D eigenvalue weighted by Gasteiger charge is -2.25. The molecule has 1 aromatic carbocycles. The third-order valence-corrected chi connectivity index (χ3v) is 6.46. The van der Waals surface area contributed by atoms with Gasteiger partial charge in [0.25, 0.3) is 0 Å². The fraction of sp³-hybridized carbons (Fsp3) is 0.333. The minimum Gasteiger partial charge on any atom is -0.210 e. The van der Waals surface area contributed by atoms with E-state index in [1.807, 2.05) is 51.1 Å². The number of benzene rings is 1. The molecule has 21 heavy (non-hydrogen) atoms. The molecule has 0 radical (unpaired) electrons. The molecule has 0 aliphatic heterocycles. The molecule has 1 heterocycles. The summed E-state index contributed by atoms with van der Waals surface area (Å²) in [6.45, 7) is 6.21. The Bertz CT molecular complexity index is 718. The highest BCUT2D eigenvalue weighted by Crippen LogP contribution is 2.25. The number of halogens is 1. The van der Waals surface area contributed by atoms with Crippen molar-refractivity contribution < 1.29 is 8.42 Å². The second kappa shape index (κ2) is 6.08. The van der Waals surface area contributed by atoms with Crippen LogP contribution in [0.5, 0.6) is 0 Å². The summed E-state index contributed by atoms with van der Waals surface area (Å²) in [6.07, 6.45) is 0. The van der Waals surface area contributed by atoms with Gasteiger partial charge in [-0.25, -0.2) is 13.1 Å². The molecule has 0 fully saturated rings. The van der Waals surface area contributed by atoms with Crippen LogP contribution in [0, 0.1) is 6.92 Å². The van der Waals surface area contributed by atoms with Gasteiger partial charge in [-0.1, -0.05) is 37.6 Å². The maximum absolute atomic E-state index is 12.3. The van der Waals surface area contributed by atoms with Crippen LogP contribution < -0.4 is 4.72 Å². The molecule has 1 N–H and O–H groups in total. The van der Waals surface area contributed by atoms with Gasteiger partial charge in [0.15, 0.2) is 0 Å². The van der Waals surface area contributed by atoms with Crippen molar-refractivity contribution in [3.05, 3.63) is 51.9 Å². The van der Waals surface area contributed by atoms with Crippen molar-refractivity contribution in [1.82, 2.24) is 4.72 Å². The van der Waals surface area contributed by atoms with E-state index in [4.69, 9.17) is 11.6 Å². The number of rotatable bonds is 5. The first kappa shape index (κ1) is 16.5. The predicted molar refractivity (Wildman–Crippen MR) is 88.7 cm³/mol. The topological polar surface area (TPSA) is 46.2 Å². The van der Waals surface area contributed by atoms with E-state index in [2.05, 4.69) is 4.72 Å². The molecular weight excluding hydrogens is 326 g/mol. The average Bonchev–Trinajstić information content (AvgIpc) is 2.85. The number of sulfonamides is 1. The van der Waals surface area contributed by atoms with Gasteiger partial charge < -0.3 is 0 Å². The molecule has 0 atom stereocenters. The first-order valence-electron chi connectivity index (χ1n) is 6.53. The monoisotopic (exact) mass is 343 g/mol. The summed E-state index contributed by atoms with van der Waals surface area (Å²) < 4.78 is 27.6. The molecule has 0 aliphatic rings. The zero-order chi connectivity index (χ0) is 15.7. The molecule has 0 saturated carbocycles. The molecule has 0 aliphatic carbocycles. The van der Waals surface area contributed by atoms with E-state index in [1.54, 1.807) is 6.07 Å². The molecule has 114 valence electrons. The van der Waals surface area contributed by atoms with Crippen molar-refractivity contribution >= 4 is 33.0 Å². The molecule has 0 amide bonds. The Balaban J connectivity index is 2.12. The molecule has 6 heteroatoms.